The Hall–Kier alpha value is -2.14. The van der Waals surface area contributed by atoms with Crippen LogP contribution in [-0.4, -0.2) is 43.2 Å². The van der Waals surface area contributed by atoms with E-state index in [0.29, 0.717) is 6.61 Å². The van der Waals surface area contributed by atoms with Gasteiger partial charge in [-0.3, -0.25) is 4.79 Å². The number of hydrogen-bond donors (Lipinski definition) is 1. The summed E-state index contributed by atoms with van der Waals surface area (Å²) in [6, 6.07) is 10.7. The number of nitrogens with one attached hydrogen (secondary N) is 1. The monoisotopic (exact) mass is 381 g/mol. The number of amides is 1. The van der Waals surface area contributed by atoms with Crippen molar-refractivity contribution in [1.29, 1.82) is 0 Å². The third kappa shape index (κ3) is 3.86. The highest BCUT2D eigenvalue weighted by molar-refractivity contribution is 5.83. The molecule has 2 aromatic rings. The summed E-state index contributed by atoms with van der Waals surface area (Å²) in [6.45, 7) is 9.65. The first-order valence-corrected chi connectivity index (χ1v) is 10.4. The van der Waals surface area contributed by atoms with Gasteiger partial charge in [-0.1, -0.05) is 32.0 Å². The maximum Gasteiger partial charge on any atom is 0.224 e. The van der Waals surface area contributed by atoms with E-state index in [1.165, 1.54) is 10.9 Å². The van der Waals surface area contributed by atoms with Crippen molar-refractivity contribution in [3.05, 3.63) is 35.9 Å². The van der Waals surface area contributed by atoms with Gasteiger partial charge in [0.1, 0.15) is 5.82 Å². The molecule has 1 amide bonds. The number of ether oxygens (including phenoxy) is 1. The highest BCUT2D eigenvalue weighted by Crippen LogP contribution is 2.37. The lowest BCUT2D eigenvalue weighted by Crippen LogP contribution is -2.53. The molecule has 2 atom stereocenters. The number of carbonyl (C=O) groups is 1. The minimum Gasteiger partial charge on any atom is -0.379 e. The summed E-state index contributed by atoms with van der Waals surface area (Å²) in [5.74, 6) is 1.21. The Balaban J connectivity index is 1.47. The van der Waals surface area contributed by atoms with Gasteiger partial charge in [-0.25, -0.2) is 4.98 Å². The smallest absolute Gasteiger partial charge is 0.224 e. The fraction of sp³-hybridized carbons (Fsp3) is 0.565. The standard InChI is InChI=1S/C23H31N3O2/c1-16-6-4-7-17-9-10-20(25-21(16)17)26-12-11-19(23(2,3)15-26)22(27)24-18-8-5-13-28-14-18/h4,6-7,9-10,18-19H,5,8,11-15H2,1-3H3,(H,24,27). The molecule has 150 valence electrons. The number of fused-ring (bicyclic) bond motifs is 1. The van der Waals surface area contributed by atoms with Crippen LogP contribution in [-0.2, 0) is 9.53 Å². The summed E-state index contributed by atoms with van der Waals surface area (Å²) in [6.07, 6.45) is 2.89. The number of piperidine rings is 1. The number of hydrogen-bond acceptors (Lipinski definition) is 4. The third-order valence-corrected chi connectivity index (χ3v) is 6.28. The zero-order valence-electron chi connectivity index (χ0n) is 17.2. The van der Waals surface area contributed by atoms with E-state index in [1.807, 2.05) is 0 Å². The van der Waals surface area contributed by atoms with Crippen molar-refractivity contribution in [1.82, 2.24) is 10.3 Å². The van der Waals surface area contributed by atoms with Crippen LogP contribution >= 0.6 is 0 Å². The Kier molecular flexibility index (Phi) is 5.28. The van der Waals surface area contributed by atoms with Crippen LogP contribution in [0.25, 0.3) is 10.9 Å². The van der Waals surface area contributed by atoms with Gasteiger partial charge in [0, 0.05) is 31.0 Å². The lowest BCUT2D eigenvalue weighted by molar-refractivity contribution is -0.131. The van der Waals surface area contributed by atoms with Crippen LogP contribution in [0.1, 0.15) is 38.7 Å². The van der Waals surface area contributed by atoms with E-state index in [0.717, 1.165) is 50.3 Å². The maximum atomic E-state index is 12.9. The predicted molar refractivity (Wildman–Crippen MR) is 113 cm³/mol. The number of aryl methyl sites for hydroxylation is 1. The molecule has 0 saturated carbocycles. The van der Waals surface area contributed by atoms with Crippen molar-refractivity contribution in [2.75, 3.05) is 31.2 Å². The number of aromatic nitrogens is 1. The predicted octanol–water partition coefficient (Wildman–Crippen LogP) is 3.69. The molecular weight excluding hydrogens is 350 g/mol. The topological polar surface area (TPSA) is 54.5 Å². The van der Waals surface area contributed by atoms with E-state index in [1.54, 1.807) is 0 Å². The van der Waals surface area contributed by atoms with Crippen molar-refractivity contribution in [2.24, 2.45) is 11.3 Å². The van der Waals surface area contributed by atoms with E-state index in [9.17, 15) is 4.79 Å². The Morgan fingerprint density at radius 3 is 2.86 bits per heavy atom. The molecule has 2 aliphatic heterocycles. The van der Waals surface area contributed by atoms with Gasteiger partial charge in [0.05, 0.1) is 18.2 Å². The van der Waals surface area contributed by atoms with Crippen molar-refractivity contribution in [3.63, 3.8) is 0 Å². The number of para-hydroxylation sites is 1. The highest BCUT2D eigenvalue weighted by Gasteiger charge is 2.41. The quantitative estimate of drug-likeness (QED) is 0.881. The number of anilines is 1. The average molecular weight is 382 g/mol. The molecule has 5 nitrogen and oxygen atoms in total. The van der Waals surface area contributed by atoms with Crippen LogP contribution < -0.4 is 10.2 Å². The maximum absolute atomic E-state index is 12.9. The average Bonchev–Trinajstić information content (AvgIpc) is 2.68. The van der Waals surface area contributed by atoms with Crippen LogP contribution in [0.5, 0.6) is 0 Å². The Morgan fingerprint density at radius 1 is 1.25 bits per heavy atom. The lowest BCUT2D eigenvalue weighted by Gasteiger charge is -2.44. The summed E-state index contributed by atoms with van der Waals surface area (Å²) in [5.41, 5.74) is 2.15. The molecule has 1 N–H and O–H groups in total. The molecule has 5 heteroatoms. The fourth-order valence-corrected chi connectivity index (χ4v) is 4.66. The molecule has 4 rings (SSSR count). The van der Waals surface area contributed by atoms with Gasteiger partial charge in [0.15, 0.2) is 0 Å². The van der Waals surface area contributed by atoms with E-state index >= 15 is 0 Å². The number of rotatable bonds is 3. The van der Waals surface area contributed by atoms with Gasteiger partial charge >= 0.3 is 0 Å². The van der Waals surface area contributed by atoms with Gasteiger partial charge in [-0.2, -0.15) is 0 Å². The molecule has 1 aromatic heterocycles. The molecular formula is C23H31N3O2. The second-order valence-corrected chi connectivity index (χ2v) is 8.99. The van der Waals surface area contributed by atoms with Gasteiger partial charge in [-0.15, -0.1) is 0 Å². The molecule has 0 aliphatic carbocycles. The zero-order valence-corrected chi connectivity index (χ0v) is 17.2. The Labute approximate surface area is 167 Å². The molecule has 28 heavy (non-hydrogen) atoms. The molecule has 2 aliphatic rings. The van der Waals surface area contributed by atoms with E-state index in [4.69, 9.17) is 9.72 Å². The lowest BCUT2D eigenvalue weighted by atomic mass is 9.73. The molecule has 0 spiro atoms. The van der Waals surface area contributed by atoms with Crippen molar-refractivity contribution < 1.29 is 9.53 Å². The van der Waals surface area contributed by atoms with Crippen molar-refractivity contribution in [3.8, 4) is 0 Å². The summed E-state index contributed by atoms with van der Waals surface area (Å²) in [4.78, 5) is 20.2. The molecule has 2 unspecified atom stereocenters. The largest absolute Gasteiger partial charge is 0.379 e. The van der Waals surface area contributed by atoms with Gasteiger partial charge in [0.2, 0.25) is 5.91 Å². The van der Waals surface area contributed by atoms with Gasteiger partial charge in [-0.05, 0) is 49.3 Å². The first-order chi connectivity index (χ1) is 13.4. The van der Waals surface area contributed by atoms with Crippen LogP contribution in [0.15, 0.2) is 30.3 Å². The summed E-state index contributed by atoms with van der Waals surface area (Å²) in [5, 5.41) is 4.41. The summed E-state index contributed by atoms with van der Waals surface area (Å²) in [7, 11) is 0. The minimum atomic E-state index is -0.111. The number of pyridine rings is 1. The first-order valence-electron chi connectivity index (χ1n) is 10.4. The second-order valence-electron chi connectivity index (χ2n) is 8.99. The first kappa shape index (κ1) is 19.2. The van der Waals surface area contributed by atoms with Crippen molar-refractivity contribution in [2.45, 2.75) is 46.1 Å². The van der Waals surface area contributed by atoms with E-state index in [2.05, 4.69) is 61.3 Å². The number of carbonyl (C=O) groups excluding carboxylic acids is 1. The third-order valence-electron chi connectivity index (χ3n) is 6.28. The molecule has 1 aromatic carbocycles. The van der Waals surface area contributed by atoms with E-state index < -0.39 is 0 Å². The number of benzene rings is 1. The van der Waals surface area contributed by atoms with Gasteiger partial charge < -0.3 is 15.0 Å². The highest BCUT2D eigenvalue weighted by atomic mass is 16.5. The normalized spacial score (nSPS) is 24.9. The van der Waals surface area contributed by atoms with Crippen LogP contribution in [0.4, 0.5) is 5.82 Å². The zero-order chi connectivity index (χ0) is 19.7. The number of nitrogens with zero attached hydrogens (tertiary/aromatic N) is 2. The van der Waals surface area contributed by atoms with E-state index in [-0.39, 0.29) is 23.3 Å². The Morgan fingerprint density at radius 2 is 2.11 bits per heavy atom. The van der Waals surface area contributed by atoms with Crippen LogP contribution in [0.3, 0.4) is 0 Å². The molecule has 3 heterocycles. The molecule has 2 fully saturated rings. The Bertz CT molecular complexity index is 858. The van der Waals surface area contributed by atoms with Crippen LogP contribution in [0, 0.1) is 18.3 Å². The summed E-state index contributed by atoms with van der Waals surface area (Å²) < 4.78 is 5.51. The molecule has 0 bridgehead atoms. The van der Waals surface area contributed by atoms with Crippen molar-refractivity contribution >= 4 is 22.6 Å². The molecule has 2 saturated heterocycles. The van der Waals surface area contributed by atoms with Gasteiger partial charge in [0.25, 0.3) is 0 Å². The summed E-state index contributed by atoms with van der Waals surface area (Å²) >= 11 is 0. The fourth-order valence-electron chi connectivity index (χ4n) is 4.66. The minimum absolute atomic E-state index is 0.0212. The van der Waals surface area contributed by atoms with Crippen LogP contribution in [0.2, 0.25) is 0 Å². The molecule has 0 radical (unpaired) electrons. The second kappa shape index (κ2) is 7.70. The SMILES string of the molecule is Cc1cccc2ccc(N3CCC(C(=O)NC4CCCOC4)C(C)(C)C3)nc12.